The van der Waals surface area contributed by atoms with Gasteiger partial charge in [0.1, 0.15) is 0 Å². The molecule has 2 saturated heterocycles. The molecule has 2 nitrogen and oxygen atoms in total. The van der Waals surface area contributed by atoms with Crippen molar-refractivity contribution in [3.8, 4) is 0 Å². The van der Waals surface area contributed by atoms with E-state index in [2.05, 4.69) is 5.32 Å². The van der Waals surface area contributed by atoms with Crippen LogP contribution in [-0.4, -0.2) is 25.3 Å². The van der Waals surface area contributed by atoms with Gasteiger partial charge in [-0.3, -0.25) is 0 Å². The Kier molecular flexibility index (Phi) is 3.16. The number of hydrogen-bond acceptors (Lipinski definition) is 2. The summed E-state index contributed by atoms with van der Waals surface area (Å²) in [6.07, 6.45) is 5.19. The second-order valence-corrected chi connectivity index (χ2v) is 3.42. The lowest BCUT2D eigenvalue weighted by Gasteiger charge is -2.33. The summed E-state index contributed by atoms with van der Waals surface area (Å²) in [5, 5.41) is 3.59. The van der Waals surface area contributed by atoms with Crippen molar-refractivity contribution in [2.45, 2.75) is 31.2 Å². The third-order valence-corrected chi connectivity index (χ3v) is 2.78. The summed E-state index contributed by atoms with van der Waals surface area (Å²) in [5.41, 5.74) is 0.498. The maximum atomic E-state index is 5.32. The van der Waals surface area contributed by atoms with Crippen LogP contribution >= 0.6 is 12.4 Å². The highest BCUT2D eigenvalue weighted by Gasteiger charge is 2.34. The average Bonchev–Trinajstić information content (AvgIpc) is 2.39. The third kappa shape index (κ3) is 1.86. The van der Waals surface area contributed by atoms with Crippen LogP contribution in [0.4, 0.5) is 0 Å². The van der Waals surface area contributed by atoms with Crippen LogP contribution in [0.2, 0.25) is 0 Å². The van der Waals surface area contributed by atoms with Crippen molar-refractivity contribution in [1.29, 1.82) is 0 Å². The second-order valence-electron chi connectivity index (χ2n) is 3.42. The lowest BCUT2D eigenvalue weighted by molar-refractivity contribution is 0.0458. The van der Waals surface area contributed by atoms with Gasteiger partial charge in [0.05, 0.1) is 0 Å². The summed E-state index contributed by atoms with van der Waals surface area (Å²) in [6, 6.07) is 0. The predicted molar refractivity (Wildman–Crippen MR) is 47.3 cm³/mol. The molecule has 3 heteroatoms. The minimum absolute atomic E-state index is 0. The molecule has 0 unspecified atom stereocenters. The summed E-state index contributed by atoms with van der Waals surface area (Å²) in [5.74, 6) is 0. The Morgan fingerprint density at radius 2 is 1.82 bits per heavy atom. The Labute approximate surface area is 74.1 Å². The van der Waals surface area contributed by atoms with E-state index in [-0.39, 0.29) is 12.4 Å². The first-order valence-corrected chi connectivity index (χ1v) is 4.24. The van der Waals surface area contributed by atoms with Crippen molar-refractivity contribution in [2.75, 3.05) is 19.8 Å². The molecule has 0 bridgehead atoms. The fourth-order valence-electron chi connectivity index (χ4n) is 2.06. The molecule has 2 aliphatic heterocycles. The summed E-state index contributed by atoms with van der Waals surface area (Å²) in [7, 11) is 0. The van der Waals surface area contributed by atoms with Crippen LogP contribution in [-0.2, 0) is 4.74 Å². The normalized spacial score (nSPS) is 28.4. The molecule has 2 aliphatic rings. The molecule has 0 amide bonds. The number of nitrogens with one attached hydrogen (secondary N) is 1. The predicted octanol–water partition coefficient (Wildman–Crippen LogP) is 1.34. The van der Waals surface area contributed by atoms with Crippen LogP contribution < -0.4 is 5.32 Å². The molecular weight excluding hydrogens is 162 g/mol. The smallest absolute Gasteiger partial charge is 0.0483 e. The molecule has 0 aliphatic carbocycles. The zero-order valence-electron chi connectivity index (χ0n) is 6.77. The molecule has 0 saturated carbocycles. The first-order chi connectivity index (χ1) is 4.91. The summed E-state index contributed by atoms with van der Waals surface area (Å²) >= 11 is 0. The van der Waals surface area contributed by atoms with Crippen molar-refractivity contribution in [3.05, 3.63) is 0 Å². The first-order valence-electron chi connectivity index (χ1n) is 4.24. The minimum Gasteiger partial charge on any atom is -0.381 e. The maximum Gasteiger partial charge on any atom is 0.0483 e. The van der Waals surface area contributed by atoms with Gasteiger partial charge in [0, 0.05) is 18.8 Å². The molecule has 2 fully saturated rings. The van der Waals surface area contributed by atoms with Crippen LogP contribution in [0.15, 0.2) is 0 Å². The Bertz CT molecular complexity index is 115. The first kappa shape index (κ1) is 9.30. The monoisotopic (exact) mass is 177 g/mol. The minimum atomic E-state index is 0. The molecule has 2 rings (SSSR count). The van der Waals surface area contributed by atoms with Crippen molar-refractivity contribution in [3.63, 3.8) is 0 Å². The lowest BCUT2D eigenvalue weighted by Crippen LogP contribution is -2.44. The van der Waals surface area contributed by atoms with Gasteiger partial charge in [0.15, 0.2) is 0 Å². The fourth-order valence-corrected chi connectivity index (χ4v) is 2.06. The van der Waals surface area contributed by atoms with Gasteiger partial charge in [0.2, 0.25) is 0 Å². The van der Waals surface area contributed by atoms with Crippen molar-refractivity contribution in [2.24, 2.45) is 0 Å². The van der Waals surface area contributed by atoms with Crippen LogP contribution in [0.25, 0.3) is 0 Å². The van der Waals surface area contributed by atoms with Crippen molar-refractivity contribution >= 4 is 12.4 Å². The van der Waals surface area contributed by atoms with E-state index in [1.165, 1.54) is 32.2 Å². The Morgan fingerprint density at radius 1 is 1.09 bits per heavy atom. The largest absolute Gasteiger partial charge is 0.381 e. The molecule has 2 heterocycles. The van der Waals surface area contributed by atoms with Crippen LogP contribution in [0, 0.1) is 0 Å². The van der Waals surface area contributed by atoms with Gasteiger partial charge in [-0.15, -0.1) is 12.4 Å². The summed E-state index contributed by atoms with van der Waals surface area (Å²) < 4.78 is 5.32. The fraction of sp³-hybridized carbons (Fsp3) is 1.00. The van der Waals surface area contributed by atoms with E-state index in [1.807, 2.05) is 0 Å². The zero-order chi connectivity index (χ0) is 6.86. The van der Waals surface area contributed by atoms with E-state index in [0.29, 0.717) is 5.54 Å². The van der Waals surface area contributed by atoms with E-state index >= 15 is 0 Å². The molecule has 0 atom stereocenters. The number of rotatable bonds is 0. The Morgan fingerprint density at radius 3 is 2.36 bits per heavy atom. The van der Waals surface area contributed by atoms with Gasteiger partial charge >= 0.3 is 0 Å². The van der Waals surface area contributed by atoms with Gasteiger partial charge in [0.25, 0.3) is 0 Å². The Hall–Kier alpha value is 0.210. The Balaban J connectivity index is 0.000000605. The van der Waals surface area contributed by atoms with Crippen LogP contribution in [0.3, 0.4) is 0 Å². The molecule has 1 spiro atoms. The lowest BCUT2D eigenvalue weighted by atomic mass is 9.89. The molecule has 1 N–H and O–H groups in total. The topological polar surface area (TPSA) is 21.3 Å². The SMILES string of the molecule is C1CNC2(C1)CCOCC2.Cl. The standard InChI is InChI=1S/C8H15NO.ClH/c1-2-8(9-5-1)3-6-10-7-4-8;/h9H,1-7H2;1H. The highest BCUT2D eigenvalue weighted by Crippen LogP contribution is 2.29. The highest BCUT2D eigenvalue weighted by molar-refractivity contribution is 5.85. The van der Waals surface area contributed by atoms with E-state index in [9.17, 15) is 0 Å². The van der Waals surface area contributed by atoms with Gasteiger partial charge in [-0.05, 0) is 32.2 Å². The second kappa shape index (κ2) is 3.74. The zero-order valence-corrected chi connectivity index (χ0v) is 7.58. The maximum absolute atomic E-state index is 5.32. The molecule has 0 aromatic rings. The highest BCUT2D eigenvalue weighted by atomic mass is 35.5. The van der Waals surface area contributed by atoms with E-state index in [4.69, 9.17) is 4.74 Å². The van der Waals surface area contributed by atoms with Crippen molar-refractivity contribution in [1.82, 2.24) is 5.32 Å². The van der Waals surface area contributed by atoms with E-state index in [0.717, 1.165) is 13.2 Å². The van der Waals surface area contributed by atoms with Gasteiger partial charge in [-0.25, -0.2) is 0 Å². The summed E-state index contributed by atoms with van der Waals surface area (Å²) in [4.78, 5) is 0. The van der Waals surface area contributed by atoms with Crippen LogP contribution in [0.1, 0.15) is 25.7 Å². The molecule has 11 heavy (non-hydrogen) atoms. The van der Waals surface area contributed by atoms with Gasteiger partial charge in [-0.2, -0.15) is 0 Å². The molecule has 66 valence electrons. The quantitative estimate of drug-likeness (QED) is 0.603. The average molecular weight is 178 g/mol. The summed E-state index contributed by atoms with van der Waals surface area (Å²) in [6.45, 7) is 3.15. The molecule has 0 aromatic heterocycles. The van der Waals surface area contributed by atoms with Gasteiger partial charge < -0.3 is 10.1 Å². The molecule has 0 aromatic carbocycles. The van der Waals surface area contributed by atoms with Crippen molar-refractivity contribution < 1.29 is 4.74 Å². The third-order valence-electron chi connectivity index (χ3n) is 2.78. The molecule has 0 radical (unpaired) electrons. The van der Waals surface area contributed by atoms with Gasteiger partial charge in [-0.1, -0.05) is 0 Å². The van der Waals surface area contributed by atoms with E-state index < -0.39 is 0 Å². The number of hydrogen-bond donors (Lipinski definition) is 1. The molecular formula is C8H16ClNO. The number of halogens is 1. The van der Waals surface area contributed by atoms with Crippen LogP contribution in [0.5, 0.6) is 0 Å². The van der Waals surface area contributed by atoms with E-state index in [1.54, 1.807) is 0 Å². The number of ether oxygens (including phenoxy) is 1.